The summed E-state index contributed by atoms with van der Waals surface area (Å²) in [5.74, 6) is 6.28. The quantitative estimate of drug-likeness (QED) is 0.120. The third-order valence-corrected chi connectivity index (χ3v) is 7.95. The van der Waals surface area contributed by atoms with Gasteiger partial charge < -0.3 is 10.6 Å². The maximum absolute atomic E-state index is 6.63. The molecular weight excluding hydrogens is 633 g/mol. The van der Waals surface area contributed by atoms with Gasteiger partial charge in [0.2, 0.25) is 0 Å². The number of benzene rings is 1. The Bertz CT molecular complexity index is 1320. The minimum atomic E-state index is 0.261. The number of hydrogen-bond acceptors (Lipinski definition) is 11. The zero-order chi connectivity index (χ0) is 35.5. The van der Waals surface area contributed by atoms with Crippen LogP contribution in [0.25, 0.3) is 0 Å². The molecule has 0 spiro atoms. The highest BCUT2D eigenvalue weighted by molar-refractivity contribution is 6.32. The second-order valence-electron chi connectivity index (χ2n) is 10.8. The summed E-state index contributed by atoms with van der Waals surface area (Å²) in [4.78, 5) is 16.5. The highest BCUT2D eigenvalue weighted by Crippen LogP contribution is 2.29. The molecule has 13 heteroatoms. The van der Waals surface area contributed by atoms with Crippen molar-refractivity contribution < 1.29 is 0 Å². The molecule has 2 aliphatic rings. The number of aromatic nitrogens is 2. The van der Waals surface area contributed by atoms with Crippen molar-refractivity contribution in [1.29, 1.82) is 0 Å². The number of piperidine rings is 1. The molecule has 2 fully saturated rings. The molecule has 11 nitrogen and oxygen atoms in total. The minimum absolute atomic E-state index is 0.261. The molecule has 0 aliphatic carbocycles. The van der Waals surface area contributed by atoms with E-state index < -0.39 is 0 Å². The SMILES string of the molecule is C=C/C(=N\N=C(C)C)c1nc(Cl)c(N2CCN(C3CCN(Cc4ccccc4/C(C)=N/NN)CC3)C(C)C2)nc1N.CC.CC.CCl. The molecule has 47 heavy (non-hydrogen) atoms. The Balaban J connectivity index is 0.00000174. The Labute approximate surface area is 293 Å². The second-order valence-corrected chi connectivity index (χ2v) is 11.2. The normalized spacial score (nSPS) is 17.6. The number of halogens is 2. The molecule has 262 valence electrons. The van der Waals surface area contributed by atoms with Crippen LogP contribution in [0.15, 0.2) is 52.2 Å². The van der Waals surface area contributed by atoms with Crippen LogP contribution < -0.4 is 22.0 Å². The van der Waals surface area contributed by atoms with Gasteiger partial charge in [-0.2, -0.15) is 10.2 Å². The number of allylic oxidation sites excluding steroid dienone is 1. The zero-order valence-corrected chi connectivity index (χ0v) is 31.4. The Morgan fingerprint density at radius 2 is 1.66 bits per heavy atom. The van der Waals surface area contributed by atoms with Crippen LogP contribution in [0, 0.1) is 0 Å². The van der Waals surface area contributed by atoms with Crippen LogP contribution in [0.1, 0.15) is 85.1 Å². The highest BCUT2D eigenvalue weighted by Gasteiger charge is 2.33. The summed E-state index contributed by atoms with van der Waals surface area (Å²) < 4.78 is 0. The van der Waals surface area contributed by atoms with Crippen molar-refractivity contribution in [2.75, 3.05) is 49.7 Å². The lowest BCUT2D eigenvalue weighted by atomic mass is 9.98. The lowest BCUT2D eigenvalue weighted by molar-refractivity contribution is 0.0690. The number of piperazine rings is 1. The van der Waals surface area contributed by atoms with Crippen LogP contribution in [-0.2, 0) is 6.54 Å². The van der Waals surface area contributed by atoms with Crippen molar-refractivity contribution in [3.63, 3.8) is 0 Å². The van der Waals surface area contributed by atoms with Gasteiger partial charge >= 0.3 is 0 Å². The van der Waals surface area contributed by atoms with Crippen molar-refractivity contribution in [3.05, 3.63) is 58.9 Å². The van der Waals surface area contributed by atoms with Crippen LogP contribution >= 0.6 is 23.2 Å². The number of nitrogens with two attached hydrogens (primary N) is 2. The third kappa shape index (κ3) is 12.1. The highest BCUT2D eigenvalue weighted by atomic mass is 35.5. The van der Waals surface area contributed by atoms with E-state index in [1.807, 2.05) is 54.5 Å². The van der Waals surface area contributed by atoms with E-state index in [2.05, 4.69) is 88.8 Å². The van der Waals surface area contributed by atoms with E-state index in [0.717, 1.165) is 69.1 Å². The first-order valence-electron chi connectivity index (χ1n) is 16.5. The molecule has 0 saturated carbocycles. The molecule has 0 bridgehead atoms. The Morgan fingerprint density at radius 1 is 1.02 bits per heavy atom. The van der Waals surface area contributed by atoms with Crippen LogP contribution in [0.2, 0.25) is 5.15 Å². The first-order chi connectivity index (χ1) is 22.7. The lowest BCUT2D eigenvalue weighted by Crippen LogP contribution is -2.57. The molecule has 1 unspecified atom stereocenters. The first-order valence-corrected chi connectivity index (χ1v) is 17.6. The van der Waals surface area contributed by atoms with Gasteiger partial charge in [0.05, 0.1) is 5.71 Å². The molecule has 1 aromatic carbocycles. The van der Waals surface area contributed by atoms with Gasteiger partial charge in [-0.05, 0) is 65.3 Å². The number of hydrazine groups is 1. The Morgan fingerprint density at radius 3 is 2.23 bits per heavy atom. The average molecular weight is 691 g/mol. The largest absolute Gasteiger partial charge is 0.382 e. The van der Waals surface area contributed by atoms with Crippen LogP contribution in [-0.4, -0.2) is 88.1 Å². The second kappa shape index (κ2) is 22.5. The number of rotatable bonds is 9. The van der Waals surface area contributed by atoms with Gasteiger partial charge in [0.25, 0.3) is 0 Å². The molecule has 1 atom stereocenters. The molecule has 2 saturated heterocycles. The number of alkyl halides is 1. The van der Waals surface area contributed by atoms with Gasteiger partial charge in [0, 0.05) is 55.9 Å². The monoisotopic (exact) mass is 689 g/mol. The summed E-state index contributed by atoms with van der Waals surface area (Å²) in [5.41, 5.74) is 13.6. The Kier molecular flexibility index (Phi) is 20.1. The van der Waals surface area contributed by atoms with E-state index in [0.29, 0.717) is 34.5 Å². The van der Waals surface area contributed by atoms with Crippen LogP contribution in [0.5, 0.6) is 0 Å². The average Bonchev–Trinajstić information content (AvgIpc) is 3.09. The van der Waals surface area contributed by atoms with Crippen LogP contribution in [0.4, 0.5) is 11.6 Å². The number of nitrogens with one attached hydrogen (secondary N) is 1. The van der Waals surface area contributed by atoms with E-state index in [9.17, 15) is 0 Å². The third-order valence-electron chi connectivity index (χ3n) is 7.70. The summed E-state index contributed by atoms with van der Waals surface area (Å²) in [6.07, 6.45) is 5.30. The van der Waals surface area contributed by atoms with Gasteiger partial charge in [-0.15, -0.1) is 16.7 Å². The van der Waals surface area contributed by atoms with Gasteiger partial charge in [-0.25, -0.2) is 21.3 Å². The number of hydrogen-bond donors (Lipinski definition) is 3. The molecule has 0 amide bonds. The maximum Gasteiger partial charge on any atom is 0.172 e. The topological polar surface area (TPSA) is 137 Å². The fraction of sp³-hybridized carbons (Fsp3) is 0.559. The van der Waals surface area contributed by atoms with E-state index in [1.54, 1.807) is 6.08 Å². The van der Waals surface area contributed by atoms with E-state index >= 15 is 0 Å². The molecule has 2 aromatic rings. The number of hydrazone groups is 1. The van der Waals surface area contributed by atoms with Gasteiger partial charge in [0.15, 0.2) is 16.8 Å². The molecule has 0 radical (unpaired) electrons. The van der Waals surface area contributed by atoms with Crippen molar-refractivity contribution >= 4 is 52.0 Å². The smallest absolute Gasteiger partial charge is 0.172 e. The van der Waals surface area contributed by atoms with Gasteiger partial charge in [-0.3, -0.25) is 9.80 Å². The minimum Gasteiger partial charge on any atom is -0.382 e. The van der Waals surface area contributed by atoms with E-state index in [1.165, 1.54) is 11.9 Å². The van der Waals surface area contributed by atoms with E-state index in [4.69, 9.17) is 23.2 Å². The maximum atomic E-state index is 6.63. The predicted molar refractivity (Wildman–Crippen MR) is 204 cm³/mol. The van der Waals surface area contributed by atoms with Crippen molar-refractivity contribution in [1.82, 2.24) is 25.3 Å². The summed E-state index contributed by atoms with van der Waals surface area (Å²) in [5, 5.41) is 12.8. The molecule has 3 heterocycles. The number of nitrogens with zero attached hydrogens (tertiary/aromatic N) is 8. The molecule has 4 rings (SSSR count). The predicted octanol–water partition coefficient (Wildman–Crippen LogP) is 6.35. The number of likely N-dealkylation sites (tertiary alicyclic amines) is 1. The summed E-state index contributed by atoms with van der Waals surface area (Å²) in [7, 11) is 0. The fourth-order valence-electron chi connectivity index (χ4n) is 5.67. The first kappa shape index (κ1) is 41.9. The molecule has 2 aliphatic heterocycles. The van der Waals surface area contributed by atoms with Crippen molar-refractivity contribution in [3.8, 4) is 0 Å². The zero-order valence-electron chi connectivity index (χ0n) is 29.9. The van der Waals surface area contributed by atoms with Gasteiger partial charge in [0.1, 0.15) is 11.4 Å². The molecule has 5 N–H and O–H groups in total. The van der Waals surface area contributed by atoms with Crippen LogP contribution in [0.3, 0.4) is 0 Å². The summed E-state index contributed by atoms with van der Waals surface area (Å²) >= 11 is 11.3. The number of anilines is 2. The molecule has 1 aromatic heterocycles. The lowest BCUT2D eigenvalue weighted by Gasteiger charge is -2.46. The number of nitrogen functional groups attached to an aromatic ring is 1. The Hall–Kier alpha value is -3.09. The fourth-order valence-corrected chi connectivity index (χ4v) is 5.92. The van der Waals surface area contributed by atoms with Crippen molar-refractivity contribution in [2.24, 2.45) is 21.1 Å². The van der Waals surface area contributed by atoms with Crippen molar-refractivity contribution in [2.45, 2.75) is 86.9 Å². The molecular formula is C34H57Cl2N11. The van der Waals surface area contributed by atoms with Gasteiger partial charge in [-0.1, -0.05) is 70.1 Å². The summed E-state index contributed by atoms with van der Waals surface area (Å²) in [6, 6.07) is 9.29. The van der Waals surface area contributed by atoms with E-state index in [-0.39, 0.29) is 5.82 Å². The summed E-state index contributed by atoms with van der Waals surface area (Å²) in [6.45, 7) is 25.3. The standard InChI is InChI=1S/C29H42ClN11.2C2H6.CH3Cl/c1-6-25(37-35-19(2)3)26-28(31)34-29(27(30)33-26)40-15-16-41(20(4)17-40)23-11-13-39(14-12-23)18-22-9-7-8-10-24(22)21(5)36-38-32;3*1-2/h6-10,20,23,38H,1,11-18,32H2,2-5H3,(H2,31,34);2*1-2H3;1H3/b36-21+,37-25+;;;.